The van der Waals surface area contributed by atoms with Crippen molar-refractivity contribution in [2.24, 2.45) is 0 Å². The first-order chi connectivity index (χ1) is 8.90. The van der Waals surface area contributed by atoms with Gasteiger partial charge in [-0.1, -0.05) is 43.5 Å². The standard InChI is InChI=1S/C16H25NS/c18-12-4-11-17-13-14-7-9-16(10-8-14)15-5-2-1-3-6-15/h7-10,15,17-18H,1-6,11-13H2. The smallest absolute Gasteiger partial charge is 0.0205 e. The molecule has 0 radical (unpaired) electrons. The van der Waals surface area contributed by atoms with Crippen LogP contribution in [0.25, 0.3) is 0 Å². The third kappa shape index (κ3) is 4.33. The molecule has 100 valence electrons. The van der Waals surface area contributed by atoms with Crippen LogP contribution in [0, 0.1) is 0 Å². The minimum atomic E-state index is 0.824. The molecule has 1 aliphatic carbocycles. The molecular weight excluding hydrogens is 238 g/mol. The molecule has 0 bridgehead atoms. The number of nitrogens with one attached hydrogen (secondary N) is 1. The van der Waals surface area contributed by atoms with Crippen molar-refractivity contribution in [3.8, 4) is 0 Å². The van der Waals surface area contributed by atoms with Gasteiger partial charge in [0.25, 0.3) is 0 Å². The number of hydrogen-bond acceptors (Lipinski definition) is 2. The summed E-state index contributed by atoms with van der Waals surface area (Å²) >= 11 is 4.21. The van der Waals surface area contributed by atoms with Crippen LogP contribution in [0.1, 0.15) is 55.6 Å². The van der Waals surface area contributed by atoms with E-state index in [1.54, 1.807) is 5.56 Å². The van der Waals surface area contributed by atoms with Gasteiger partial charge in [-0.15, -0.1) is 0 Å². The van der Waals surface area contributed by atoms with Crippen LogP contribution in [-0.2, 0) is 6.54 Å². The average molecular weight is 263 g/mol. The molecule has 0 amide bonds. The maximum absolute atomic E-state index is 4.21. The molecule has 0 unspecified atom stereocenters. The predicted molar refractivity (Wildman–Crippen MR) is 82.4 cm³/mol. The molecular formula is C16H25NS. The van der Waals surface area contributed by atoms with Crippen LogP contribution >= 0.6 is 12.6 Å². The summed E-state index contributed by atoms with van der Waals surface area (Å²) < 4.78 is 0. The summed E-state index contributed by atoms with van der Waals surface area (Å²) in [4.78, 5) is 0. The third-order valence-electron chi connectivity index (χ3n) is 3.90. The Morgan fingerprint density at radius 3 is 2.44 bits per heavy atom. The first-order valence-electron chi connectivity index (χ1n) is 7.30. The summed E-state index contributed by atoms with van der Waals surface area (Å²) in [6.45, 7) is 2.05. The summed E-state index contributed by atoms with van der Waals surface area (Å²) in [5.74, 6) is 1.79. The van der Waals surface area contributed by atoms with Crippen molar-refractivity contribution in [1.29, 1.82) is 0 Å². The summed E-state index contributed by atoms with van der Waals surface area (Å²) in [6.07, 6.45) is 8.18. The number of hydrogen-bond donors (Lipinski definition) is 2. The van der Waals surface area contributed by atoms with E-state index < -0.39 is 0 Å². The average Bonchev–Trinajstić information content (AvgIpc) is 2.45. The molecule has 0 aromatic heterocycles. The molecule has 1 nitrogen and oxygen atoms in total. The van der Waals surface area contributed by atoms with Gasteiger partial charge in [-0.05, 0) is 48.6 Å². The predicted octanol–water partition coefficient (Wildman–Crippen LogP) is 4.14. The second-order valence-electron chi connectivity index (χ2n) is 5.33. The summed E-state index contributed by atoms with van der Waals surface area (Å²) in [5, 5.41) is 3.45. The quantitative estimate of drug-likeness (QED) is 0.580. The van der Waals surface area contributed by atoms with Crippen LogP contribution in [0.2, 0.25) is 0 Å². The lowest BCUT2D eigenvalue weighted by Crippen LogP contribution is -2.15. The number of benzene rings is 1. The second kappa shape index (κ2) is 7.85. The SMILES string of the molecule is SCCCNCc1ccc(C2CCCCC2)cc1. The Balaban J connectivity index is 1.81. The third-order valence-corrected chi connectivity index (χ3v) is 4.21. The van der Waals surface area contributed by atoms with Gasteiger partial charge in [-0.25, -0.2) is 0 Å². The van der Waals surface area contributed by atoms with Gasteiger partial charge in [0.1, 0.15) is 0 Å². The summed E-state index contributed by atoms with van der Waals surface area (Å²) in [5.41, 5.74) is 2.95. The second-order valence-corrected chi connectivity index (χ2v) is 5.78. The van der Waals surface area contributed by atoms with Crippen molar-refractivity contribution in [1.82, 2.24) is 5.32 Å². The van der Waals surface area contributed by atoms with Gasteiger partial charge in [-0.3, -0.25) is 0 Å². The molecule has 2 heteroatoms. The molecule has 0 spiro atoms. The van der Waals surface area contributed by atoms with E-state index in [0.717, 1.165) is 31.2 Å². The zero-order chi connectivity index (χ0) is 12.6. The molecule has 2 rings (SSSR count). The van der Waals surface area contributed by atoms with Gasteiger partial charge >= 0.3 is 0 Å². The molecule has 0 aliphatic heterocycles. The van der Waals surface area contributed by atoms with E-state index in [1.165, 1.54) is 37.7 Å². The Morgan fingerprint density at radius 1 is 1.06 bits per heavy atom. The van der Waals surface area contributed by atoms with Crippen LogP contribution in [-0.4, -0.2) is 12.3 Å². The highest BCUT2D eigenvalue weighted by Gasteiger charge is 2.14. The molecule has 1 fully saturated rings. The number of thiol groups is 1. The zero-order valence-electron chi connectivity index (χ0n) is 11.2. The maximum atomic E-state index is 4.21. The molecule has 1 aromatic rings. The van der Waals surface area contributed by atoms with Crippen molar-refractivity contribution in [3.63, 3.8) is 0 Å². The van der Waals surface area contributed by atoms with Gasteiger partial charge in [0, 0.05) is 6.54 Å². The topological polar surface area (TPSA) is 12.0 Å². The van der Waals surface area contributed by atoms with Gasteiger partial charge in [0.2, 0.25) is 0 Å². The molecule has 18 heavy (non-hydrogen) atoms. The normalized spacial score (nSPS) is 16.9. The first kappa shape index (κ1) is 14.0. The van der Waals surface area contributed by atoms with E-state index in [4.69, 9.17) is 0 Å². The Labute approximate surface area is 117 Å². The monoisotopic (exact) mass is 263 g/mol. The highest BCUT2D eigenvalue weighted by Crippen LogP contribution is 2.32. The van der Waals surface area contributed by atoms with Gasteiger partial charge in [0.15, 0.2) is 0 Å². The van der Waals surface area contributed by atoms with Crippen molar-refractivity contribution < 1.29 is 0 Å². The lowest BCUT2D eigenvalue weighted by Gasteiger charge is -2.22. The Hall–Kier alpha value is -0.470. The summed E-state index contributed by atoms with van der Waals surface area (Å²) in [6, 6.07) is 9.26. The lowest BCUT2D eigenvalue weighted by atomic mass is 9.84. The Bertz CT molecular complexity index is 327. The molecule has 1 aromatic carbocycles. The van der Waals surface area contributed by atoms with Crippen molar-refractivity contribution in [3.05, 3.63) is 35.4 Å². The van der Waals surface area contributed by atoms with Gasteiger partial charge in [0.05, 0.1) is 0 Å². The van der Waals surface area contributed by atoms with Crippen molar-refractivity contribution in [2.45, 2.75) is 51.0 Å². The Morgan fingerprint density at radius 2 is 1.78 bits per heavy atom. The maximum Gasteiger partial charge on any atom is 0.0205 e. The number of rotatable bonds is 6. The fraction of sp³-hybridized carbons (Fsp3) is 0.625. The van der Waals surface area contributed by atoms with E-state index in [9.17, 15) is 0 Å². The van der Waals surface area contributed by atoms with Crippen molar-refractivity contribution >= 4 is 12.6 Å². The molecule has 1 saturated carbocycles. The minimum Gasteiger partial charge on any atom is -0.313 e. The van der Waals surface area contributed by atoms with Gasteiger partial charge in [-0.2, -0.15) is 12.6 Å². The lowest BCUT2D eigenvalue weighted by molar-refractivity contribution is 0.443. The Kier molecular flexibility index (Phi) is 6.09. The fourth-order valence-electron chi connectivity index (χ4n) is 2.78. The molecule has 0 saturated heterocycles. The van der Waals surface area contributed by atoms with Crippen LogP contribution in [0.4, 0.5) is 0 Å². The molecule has 0 atom stereocenters. The van der Waals surface area contributed by atoms with Crippen LogP contribution in [0.5, 0.6) is 0 Å². The van der Waals surface area contributed by atoms with E-state index in [0.29, 0.717) is 0 Å². The van der Waals surface area contributed by atoms with Crippen LogP contribution < -0.4 is 5.32 Å². The van der Waals surface area contributed by atoms with Gasteiger partial charge < -0.3 is 5.32 Å². The van der Waals surface area contributed by atoms with E-state index in [-0.39, 0.29) is 0 Å². The van der Waals surface area contributed by atoms with Crippen molar-refractivity contribution in [2.75, 3.05) is 12.3 Å². The highest BCUT2D eigenvalue weighted by atomic mass is 32.1. The van der Waals surface area contributed by atoms with Crippen LogP contribution in [0.15, 0.2) is 24.3 Å². The minimum absolute atomic E-state index is 0.824. The molecule has 1 aliphatic rings. The zero-order valence-corrected chi connectivity index (χ0v) is 12.1. The fourth-order valence-corrected chi connectivity index (χ4v) is 2.94. The van der Waals surface area contributed by atoms with Crippen LogP contribution in [0.3, 0.4) is 0 Å². The van der Waals surface area contributed by atoms with E-state index >= 15 is 0 Å². The summed E-state index contributed by atoms with van der Waals surface area (Å²) in [7, 11) is 0. The van der Waals surface area contributed by atoms with E-state index in [1.807, 2.05) is 0 Å². The molecule has 0 heterocycles. The molecule has 1 N–H and O–H groups in total. The first-order valence-corrected chi connectivity index (χ1v) is 7.94. The van der Waals surface area contributed by atoms with E-state index in [2.05, 4.69) is 42.2 Å². The largest absolute Gasteiger partial charge is 0.313 e. The highest BCUT2D eigenvalue weighted by molar-refractivity contribution is 7.80.